The molecule has 0 radical (unpaired) electrons. The van der Waals surface area contributed by atoms with Crippen LogP contribution < -0.4 is 5.32 Å². The third kappa shape index (κ3) is 3.50. The molecule has 5 nitrogen and oxygen atoms in total. The predicted octanol–water partition coefficient (Wildman–Crippen LogP) is 1.34. The van der Waals surface area contributed by atoms with Gasteiger partial charge in [-0.3, -0.25) is 0 Å². The highest BCUT2D eigenvalue weighted by Crippen LogP contribution is 2.00. The van der Waals surface area contributed by atoms with Gasteiger partial charge in [0.15, 0.2) is 5.57 Å². The number of carbonyl (C=O) groups is 1. The monoisotopic (exact) mass is 220 g/mol. The molecule has 0 bridgehead atoms. The van der Waals surface area contributed by atoms with Crippen LogP contribution in [0.1, 0.15) is 12.7 Å². The maximum Gasteiger partial charge on any atom is 0.350 e. The number of carbonyl (C=O) groups excluding carboxylic acids is 1. The van der Waals surface area contributed by atoms with E-state index in [-0.39, 0.29) is 12.2 Å². The van der Waals surface area contributed by atoms with E-state index >= 15 is 0 Å². The summed E-state index contributed by atoms with van der Waals surface area (Å²) in [4.78, 5) is 11.2. The molecule has 1 heterocycles. The molecule has 0 fully saturated rings. The van der Waals surface area contributed by atoms with Gasteiger partial charge in [0.2, 0.25) is 0 Å². The molecule has 1 aromatic rings. The first-order valence-corrected chi connectivity index (χ1v) is 4.81. The molecule has 0 saturated carbocycles. The van der Waals surface area contributed by atoms with Crippen LogP contribution in [0.2, 0.25) is 0 Å². The molecule has 1 rings (SSSR count). The highest BCUT2D eigenvalue weighted by molar-refractivity contribution is 5.92. The SMILES string of the molecule is CCOC(=O)/C(C#N)=C/NCc1ccco1. The lowest BCUT2D eigenvalue weighted by molar-refractivity contribution is -0.138. The predicted molar refractivity (Wildman–Crippen MR) is 55.9 cm³/mol. The first-order chi connectivity index (χ1) is 7.77. The summed E-state index contributed by atoms with van der Waals surface area (Å²) in [6.45, 7) is 2.34. The molecule has 84 valence electrons. The van der Waals surface area contributed by atoms with Crippen LogP contribution in [0.5, 0.6) is 0 Å². The van der Waals surface area contributed by atoms with E-state index in [1.807, 2.05) is 0 Å². The molecule has 0 unspecified atom stereocenters. The number of hydrogen-bond acceptors (Lipinski definition) is 5. The lowest BCUT2D eigenvalue weighted by atomic mass is 10.3. The van der Waals surface area contributed by atoms with Crippen molar-refractivity contribution in [2.75, 3.05) is 6.61 Å². The van der Waals surface area contributed by atoms with Gasteiger partial charge in [0, 0.05) is 6.20 Å². The van der Waals surface area contributed by atoms with Gasteiger partial charge in [-0.2, -0.15) is 5.26 Å². The van der Waals surface area contributed by atoms with Crippen molar-refractivity contribution >= 4 is 5.97 Å². The minimum Gasteiger partial charge on any atom is -0.467 e. The number of hydrogen-bond donors (Lipinski definition) is 1. The minimum absolute atomic E-state index is 0.0617. The second-order valence-electron chi connectivity index (χ2n) is 2.85. The van der Waals surface area contributed by atoms with Crippen molar-refractivity contribution in [3.8, 4) is 6.07 Å². The van der Waals surface area contributed by atoms with Crippen molar-refractivity contribution in [2.45, 2.75) is 13.5 Å². The van der Waals surface area contributed by atoms with E-state index in [0.29, 0.717) is 6.54 Å². The van der Waals surface area contributed by atoms with Crippen LogP contribution in [0, 0.1) is 11.3 Å². The molecular weight excluding hydrogens is 208 g/mol. The van der Waals surface area contributed by atoms with Crippen molar-refractivity contribution in [1.29, 1.82) is 5.26 Å². The van der Waals surface area contributed by atoms with Crippen molar-refractivity contribution in [3.63, 3.8) is 0 Å². The van der Waals surface area contributed by atoms with Gasteiger partial charge in [0.25, 0.3) is 0 Å². The number of nitriles is 1. The number of furan rings is 1. The summed E-state index contributed by atoms with van der Waals surface area (Å²) in [5.74, 6) is 0.0920. The number of ether oxygens (including phenoxy) is 1. The Bertz CT molecular complexity index is 401. The Labute approximate surface area is 93.3 Å². The molecular formula is C11H12N2O3. The second-order valence-corrected chi connectivity index (χ2v) is 2.85. The molecule has 0 aliphatic carbocycles. The van der Waals surface area contributed by atoms with E-state index < -0.39 is 5.97 Å². The number of esters is 1. The Morgan fingerprint density at radius 2 is 2.56 bits per heavy atom. The van der Waals surface area contributed by atoms with Gasteiger partial charge in [0.1, 0.15) is 11.8 Å². The van der Waals surface area contributed by atoms with Crippen LogP contribution in [-0.2, 0) is 16.1 Å². The standard InChI is InChI=1S/C11H12N2O3/c1-2-15-11(14)9(6-12)7-13-8-10-4-3-5-16-10/h3-5,7,13H,2,8H2,1H3/b9-7+. The largest absolute Gasteiger partial charge is 0.467 e. The van der Waals surface area contributed by atoms with Crippen LogP contribution in [0.3, 0.4) is 0 Å². The normalized spacial score (nSPS) is 10.6. The van der Waals surface area contributed by atoms with Gasteiger partial charge >= 0.3 is 5.97 Å². The average molecular weight is 220 g/mol. The summed E-state index contributed by atoms with van der Waals surface area (Å²) in [6.07, 6.45) is 2.87. The van der Waals surface area contributed by atoms with E-state index in [9.17, 15) is 4.79 Å². The van der Waals surface area contributed by atoms with Crippen LogP contribution >= 0.6 is 0 Å². The van der Waals surface area contributed by atoms with Crippen LogP contribution in [0.15, 0.2) is 34.6 Å². The maximum atomic E-state index is 11.2. The zero-order valence-corrected chi connectivity index (χ0v) is 8.90. The summed E-state index contributed by atoms with van der Waals surface area (Å²) in [7, 11) is 0. The quantitative estimate of drug-likeness (QED) is 0.460. The van der Waals surface area contributed by atoms with Crippen molar-refractivity contribution in [2.24, 2.45) is 0 Å². The summed E-state index contributed by atoms with van der Waals surface area (Å²) < 4.78 is 9.76. The molecule has 0 amide bonds. The fraction of sp³-hybridized carbons (Fsp3) is 0.273. The Balaban J connectivity index is 2.48. The zero-order valence-electron chi connectivity index (χ0n) is 8.90. The summed E-state index contributed by atoms with van der Waals surface area (Å²) in [6, 6.07) is 5.31. The molecule has 0 spiro atoms. The number of nitrogens with zero attached hydrogens (tertiary/aromatic N) is 1. The molecule has 1 aromatic heterocycles. The molecule has 0 aliphatic rings. The summed E-state index contributed by atoms with van der Waals surface area (Å²) in [5.41, 5.74) is -0.0617. The van der Waals surface area contributed by atoms with Gasteiger partial charge in [-0.15, -0.1) is 0 Å². The van der Waals surface area contributed by atoms with E-state index in [1.165, 1.54) is 6.20 Å². The molecule has 16 heavy (non-hydrogen) atoms. The molecule has 0 atom stereocenters. The van der Waals surface area contributed by atoms with Gasteiger partial charge in [-0.25, -0.2) is 4.79 Å². The Morgan fingerprint density at radius 1 is 1.75 bits per heavy atom. The number of nitrogens with one attached hydrogen (secondary N) is 1. The third-order valence-corrected chi connectivity index (χ3v) is 1.72. The highest BCUT2D eigenvalue weighted by Gasteiger charge is 2.08. The van der Waals surface area contributed by atoms with Gasteiger partial charge < -0.3 is 14.5 Å². The lowest BCUT2D eigenvalue weighted by Gasteiger charge is -2.00. The molecule has 0 aliphatic heterocycles. The average Bonchev–Trinajstić information content (AvgIpc) is 2.77. The molecule has 1 N–H and O–H groups in total. The lowest BCUT2D eigenvalue weighted by Crippen LogP contribution is -2.11. The van der Waals surface area contributed by atoms with Crippen LogP contribution in [0.4, 0.5) is 0 Å². The fourth-order valence-corrected chi connectivity index (χ4v) is 1.01. The van der Waals surface area contributed by atoms with E-state index in [4.69, 9.17) is 9.68 Å². The Hall–Kier alpha value is -2.22. The topological polar surface area (TPSA) is 75.3 Å². The molecule has 0 aromatic carbocycles. The van der Waals surface area contributed by atoms with Crippen LogP contribution in [0.25, 0.3) is 0 Å². The maximum absolute atomic E-state index is 11.2. The highest BCUT2D eigenvalue weighted by atomic mass is 16.5. The smallest absolute Gasteiger partial charge is 0.350 e. The van der Waals surface area contributed by atoms with Crippen molar-refractivity contribution < 1.29 is 13.9 Å². The van der Waals surface area contributed by atoms with E-state index in [1.54, 1.807) is 31.4 Å². The minimum atomic E-state index is -0.628. The zero-order chi connectivity index (χ0) is 11.8. The van der Waals surface area contributed by atoms with Gasteiger partial charge in [-0.1, -0.05) is 0 Å². The fourth-order valence-electron chi connectivity index (χ4n) is 1.01. The van der Waals surface area contributed by atoms with E-state index in [2.05, 4.69) is 10.1 Å². The first-order valence-electron chi connectivity index (χ1n) is 4.81. The van der Waals surface area contributed by atoms with Crippen LogP contribution in [-0.4, -0.2) is 12.6 Å². The molecule has 5 heteroatoms. The molecule has 0 saturated heterocycles. The summed E-state index contributed by atoms with van der Waals surface area (Å²) >= 11 is 0. The second kappa shape index (κ2) is 6.30. The van der Waals surface area contributed by atoms with Gasteiger partial charge in [-0.05, 0) is 19.1 Å². The van der Waals surface area contributed by atoms with Crippen molar-refractivity contribution in [1.82, 2.24) is 5.32 Å². The van der Waals surface area contributed by atoms with Gasteiger partial charge in [0.05, 0.1) is 19.4 Å². The number of rotatable bonds is 5. The first kappa shape index (κ1) is 11.9. The van der Waals surface area contributed by atoms with E-state index in [0.717, 1.165) is 5.76 Å². The summed E-state index contributed by atoms with van der Waals surface area (Å²) in [5, 5.41) is 11.5. The third-order valence-electron chi connectivity index (χ3n) is 1.72. The Morgan fingerprint density at radius 3 is 3.12 bits per heavy atom. The Kier molecular flexibility index (Phi) is 4.67. The van der Waals surface area contributed by atoms with Crippen molar-refractivity contribution in [3.05, 3.63) is 35.9 Å².